The first kappa shape index (κ1) is 19.8. The zero-order valence-electron chi connectivity index (χ0n) is 17.6. The third-order valence-corrected chi connectivity index (χ3v) is 5.49. The van der Waals surface area contributed by atoms with Crippen LogP contribution in [-0.4, -0.2) is 44.8 Å². The Labute approximate surface area is 185 Å². The number of fused-ring (bicyclic) bond motifs is 1. The Kier molecular flexibility index (Phi) is 5.07. The summed E-state index contributed by atoms with van der Waals surface area (Å²) in [7, 11) is 0. The van der Waals surface area contributed by atoms with E-state index in [1.165, 1.54) is 6.20 Å². The lowest BCUT2D eigenvalue weighted by Crippen LogP contribution is -2.22. The summed E-state index contributed by atoms with van der Waals surface area (Å²) < 4.78 is 0. The predicted molar refractivity (Wildman–Crippen MR) is 124 cm³/mol. The van der Waals surface area contributed by atoms with Crippen molar-refractivity contribution in [3.63, 3.8) is 0 Å². The van der Waals surface area contributed by atoms with Gasteiger partial charge < -0.3 is 10.0 Å². The van der Waals surface area contributed by atoms with Crippen molar-refractivity contribution in [2.75, 3.05) is 18.0 Å². The topological polar surface area (TPSA) is 91.6 Å². The van der Waals surface area contributed by atoms with Gasteiger partial charge >= 0.3 is 0 Å². The average molecular weight is 423 g/mol. The number of benzene rings is 2. The number of anilines is 1. The van der Waals surface area contributed by atoms with Crippen molar-refractivity contribution in [1.82, 2.24) is 15.0 Å². The molecule has 1 saturated heterocycles. The molecule has 1 amide bonds. The molecule has 0 saturated carbocycles. The number of hydrogen-bond acceptors (Lipinski definition) is 6. The van der Waals surface area contributed by atoms with Crippen LogP contribution in [0, 0.1) is 6.92 Å². The van der Waals surface area contributed by atoms with Gasteiger partial charge in [0.15, 0.2) is 5.82 Å². The normalized spacial score (nSPS) is 14.9. The van der Waals surface area contributed by atoms with E-state index >= 15 is 0 Å². The maximum atomic E-state index is 12.5. The summed E-state index contributed by atoms with van der Waals surface area (Å²) in [6.45, 7) is 3.22. The Hall–Kier alpha value is -4.13. The second kappa shape index (κ2) is 8.19. The van der Waals surface area contributed by atoms with Gasteiger partial charge in [-0.15, -0.1) is 0 Å². The highest BCUT2D eigenvalue weighted by molar-refractivity contribution is 6.06. The molecule has 0 spiro atoms. The van der Waals surface area contributed by atoms with E-state index in [0.717, 1.165) is 28.0 Å². The molecule has 1 N–H and O–H groups in total. The fourth-order valence-electron chi connectivity index (χ4n) is 3.86. The van der Waals surface area contributed by atoms with Crippen LogP contribution in [0.5, 0.6) is 5.75 Å². The van der Waals surface area contributed by atoms with Crippen molar-refractivity contribution in [1.29, 1.82) is 0 Å². The lowest BCUT2D eigenvalue weighted by Gasteiger charge is -2.19. The molecular formula is C25H21N5O2. The van der Waals surface area contributed by atoms with Gasteiger partial charge in [0, 0.05) is 36.5 Å². The van der Waals surface area contributed by atoms with E-state index in [4.69, 9.17) is 9.97 Å². The van der Waals surface area contributed by atoms with Crippen LogP contribution in [0.3, 0.4) is 0 Å². The van der Waals surface area contributed by atoms with Gasteiger partial charge in [-0.25, -0.2) is 15.0 Å². The van der Waals surface area contributed by atoms with E-state index in [0.29, 0.717) is 36.5 Å². The van der Waals surface area contributed by atoms with Crippen LogP contribution in [0.2, 0.25) is 0 Å². The second-order valence-corrected chi connectivity index (χ2v) is 7.81. The summed E-state index contributed by atoms with van der Waals surface area (Å²) >= 11 is 0. The van der Waals surface area contributed by atoms with Crippen molar-refractivity contribution >= 4 is 28.3 Å². The summed E-state index contributed by atoms with van der Waals surface area (Å²) in [6, 6.07) is 16.6. The number of amides is 1. The van der Waals surface area contributed by atoms with Crippen LogP contribution in [0.25, 0.3) is 22.3 Å². The number of aliphatic imine (C=N–C) groups is 1. The van der Waals surface area contributed by atoms with Crippen LogP contribution < -0.4 is 4.90 Å². The molecule has 5 rings (SSSR count). The molecule has 3 heterocycles. The lowest BCUT2D eigenvalue weighted by molar-refractivity contribution is 0.100. The van der Waals surface area contributed by atoms with Gasteiger partial charge in [-0.1, -0.05) is 18.2 Å². The zero-order chi connectivity index (χ0) is 22.1. The molecule has 32 heavy (non-hydrogen) atoms. The fraction of sp³-hybridized carbons (Fsp3) is 0.160. The van der Waals surface area contributed by atoms with Crippen molar-refractivity contribution in [3.8, 4) is 17.1 Å². The number of para-hydroxylation sites is 1. The number of pyridine rings is 1. The van der Waals surface area contributed by atoms with Gasteiger partial charge in [-0.05, 0) is 48.9 Å². The number of rotatable bonds is 3. The summed E-state index contributed by atoms with van der Waals surface area (Å²) in [5, 5.41) is 11.3. The largest absolute Gasteiger partial charge is 0.507 e. The first-order valence-electron chi connectivity index (χ1n) is 10.4. The minimum atomic E-state index is -0.284. The number of nitrogens with zero attached hydrogens (tertiary/aromatic N) is 5. The Balaban J connectivity index is 1.53. The Morgan fingerprint density at radius 3 is 2.78 bits per heavy atom. The quantitative estimate of drug-likeness (QED) is 0.531. The van der Waals surface area contributed by atoms with Crippen molar-refractivity contribution in [2.24, 2.45) is 4.99 Å². The minimum absolute atomic E-state index is 0.135. The summed E-state index contributed by atoms with van der Waals surface area (Å²) in [4.78, 5) is 32.4. The minimum Gasteiger partial charge on any atom is -0.507 e. The van der Waals surface area contributed by atoms with E-state index < -0.39 is 0 Å². The highest BCUT2D eigenvalue weighted by Gasteiger charge is 2.24. The third-order valence-electron chi connectivity index (χ3n) is 5.49. The van der Waals surface area contributed by atoms with Crippen LogP contribution >= 0.6 is 0 Å². The van der Waals surface area contributed by atoms with Crippen molar-refractivity contribution < 1.29 is 9.90 Å². The smallest absolute Gasteiger partial charge is 0.278 e. The SMILES string of the molecule is Cc1ccc2c(N3CCC(=NC(=O)c4cccnc4)C3)nc(-c3ccccc3O)nc2c1. The van der Waals surface area contributed by atoms with Crippen molar-refractivity contribution in [3.05, 3.63) is 78.1 Å². The molecule has 0 aliphatic carbocycles. The summed E-state index contributed by atoms with van der Waals surface area (Å²) in [5.74, 6) is 1.09. The van der Waals surface area contributed by atoms with Gasteiger partial charge in [0.2, 0.25) is 0 Å². The molecule has 0 unspecified atom stereocenters. The maximum absolute atomic E-state index is 12.5. The lowest BCUT2D eigenvalue weighted by atomic mass is 10.1. The monoisotopic (exact) mass is 423 g/mol. The highest BCUT2D eigenvalue weighted by atomic mass is 16.3. The predicted octanol–water partition coefficient (Wildman–Crippen LogP) is 4.20. The number of aromatic hydroxyl groups is 1. The average Bonchev–Trinajstić information content (AvgIpc) is 3.27. The van der Waals surface area contributed by atoms with Crippen molar-refractivity contribution in [2.45, 2.75) is 13.3 Å². The molecule has 0 radical (unpaired) electrons. The Morgan fingerprint density at radius 2 is 1.97 bits per heavy atom. The molecule has 0 bridgehead atoms. The van der Waals surface area contributed by atoms with Crippen LogP contribution in [0.15, 0.2) is 72.0 Å². The molecule has 1 aliphatic rings. The summed E-state index contributed by atoms with van der Waals surface area (Å²) in [5.41, 5.74) is 3.77. The number of carbonyl (C=O) groups is 1. The molecule has 1 fully saturated rings. The van der Waals surface area contributed by atoms with Gasteiger partial charge in [0.05, 0.1) is 23.2 Å². The van der Waals surface area contributed by atoms with Gasteiger partial charge in [0.1, 0.15) is 11.6 Å². The van der Waals surface area contributed by atoms with Crippen LogP contribution in [-0.2, 0) is 0 Å². The third kappa shape index (κ3) is 3.80. The fourth-order valence-corrected chi connectivity index (χ4v) is 3.86. The first-order valence-corrected chi connectivity index (χ1v) is 10.4. The molecule has 2 aromatic carbocycles. The number of aryl methyl sites for hydroxylation is 1. The van der Waals surface area contributed by atoms with Crippen LogP contribution in [0.4, 0.5) is 5.82 Å². The number of phenols is 1. The van der Waals surface area contributed by atoms with Gasteiger partial charge in [-0.2, -0.15) is 0 Å². The van der Waals surface area contributed by atoms with E-state index in [1.807, 2.05) is 31.2 Å². The van der Waals surface area contributed by atoms with Crippen LogP contribution in [0.1, 0.15) is 22.3 Å². The Bertz CT molecular complexity index is 1350. The van der Waals surface area contributed by atoms with E-state index in [2.05, 4.69) is 14.9 Å². The maximum Gasteiger partial charge on any atom is 0.278 e. The number of aromatic nitrogens is 3. The number of phenolic OH excluding ortho intramolecular Hbond substituents is 1. The standard InChI is InChI=1S/C25H21N5O2/c1-16-8-9-19-21(13-16)28-23(20-6-2-3-7-22(20)31)29-24(19)30-12-10-18(15-30)27-25(32)17-5-4-11-26-14-17/h2-9,11,13-14,31H,10,12,15H2,1H3. The van der Waals surface area contributed by atoms with Gasteiger partial charge in [-0.3, -0.25) is 9.78 Å². The van der Waals surface area contributed by atoms with E-state index in [1.54, 1.807) is 36.5 Å². The summed E-state index contributed by atoms with van der Waals surface area (Å²) in [6.07, 6.45) is 3.83. The number of carbonyl (C=O) groups excluding carboxylic acids is 1. The van der Waals surface area contributed by atoms with E-state index in [9.17, 15) is 9.90 Å². The Morgan fingerprint density at radius 1 is 1.09 bits per heavy atom. The highest BCUT2D eigenvalue weighted by Crippen LogP contribution is 2.32. The molecule has 0 atom stereocenters. The van der Waals surface area contributed by atoms with E-state index in [-0.39, 0.29) is 11.7 Å². The second-order valence-electron chi connectivity index (χ2n) is 7.81. The zero-order valence-corrected chi connectivity index (χ0v) is 17.6. The number of hydrogen-bond donors (Lipinski definition) is 1. The molecule has 158 valence electrons. The van der Waals surface area contributed by atoms with Gasteiger partial charge in [0.25, 0.3) is 5.91 Å². The molecule has 7 heteroatoms. The molecule has 1 aliphatic heterocycles. The molecule has 2 aromatic heterocycles. The molecular weight excluding hydrogens is 402 g/mol. The first-order chi connectivity index (χ1) is 15.6. The molecule has 4 aromatic rings. The molecule has 7 nitrogen and oxygen atoms in total.